The van der Waals surface area contributed by atoms with Gasteiger partial charge in [-0.05, 0) is 23.8 Å². The molecule has 0 amide bonds. The minimum atomic E-state index is 0.0929. The summed E-state index contributed by atoms with van der Waals surface area (Å²) in [6.45, 7) is 0. The van der Waals surface area contributed by atoms with E-state index >= 15 is 0 Å². The number of hydrazone groups is 1. The van der Waals surface area contributed by atoms with E-state index in [4.69, 9.17) is 10.5 Å². The first kappa shape index (κ1) is 12.2. The quantitative estimate of drug-likeness (QED) is 0.579. The zero-order valence-electron chi connectivity index (χ0n) is 9.62. The van der Waals surface area contributed by atoms with E-state index in [2.05, 4.69) is 15.5 Å². The second-order valence-electron chi connectivity index (χ2n) is 3.38. The number of rotatable bonds is 4. The Morgan fingerprint density at radius 2 is 2.39 bits per heavy atom. The average molecular weight is 264 g/mol. The number of aromatic hydroxyl groups is 1. The SMILES string of the molecule is COc1cc(C=NNc2nc(N)cs2)ccc1O. The summed E-state index contributed by atoms with van der Waals surface area (Å²) >= 11 is 1.37. The van der Waals surface area contributed by atoms with Crippen molar-refractivity contribution in [3.63, 3.8) is 0 Å². The molecule has 0 spiro atoms. The summed E-state index contributed by atoms with van der Waals surface area (Å²) in [6, 6.07) is 4.94. The number of hydrogen-bond acceptors (Lipinski definition) is 7. The van der Waals surface area contributed by atoms with Crippen molar-refractivity contribution in [2.75, 3.05) is 18.3 Å². The van der Waals surface area contributed by atoms with Crippen molar-refractivity contribution in [3.8, 4) is 11.5 Å². The van der Waals surface area contributed by atoms with E-state index < -0.39 is 0 Å². The first-order valence-electron chi connectivity index (χ1n) is 5.06. The van der Waals surface area contributed by atoms with Crippen LogP contribution in [0.3, 0.4) is 0 Å². The summed E-state index contributed by atoms with van der Waals surface area (Å²) in [7, 11) is 1.49. The van der Waals surface area contributed by atoms with Gasteiger partial charge in [0.15, 0.2) is 11.5 Å². The molecule has 4 N–H and O–H groups in total. The fraction of sp³-hybridized carbons (Fsp3) is 0.0909. The second kappa shape index (κ2) is 5.37. The molecule has 2 rings (SSSR count). The number of methoxy groups -OCH3 is 1. The lowest BCUT2D eigenvalue weighted by molar-refractivity contribution is 0.373. The molecule has 0 unspecified atom stereocenters. The molecule has 0 aliphatic heterocycles. The zero-order chi connectivity index (χ0) is 13.0. The number of nitrogen functional groups attached to an aromatic ring is 1. The third-order valence-electron chi connectivity index (χ3n) is 2.10. The third-order valence-corrected chi connectivity index (χ3v) is 2.86. The Balaban J connectivity index is 2.04. The first-order chi connectivity index (χ1) is 8.69. The maximum atomic E-state index is 9.43. The van der Waals surface area contributed by atoms with Gasteiger partial charge in [-0.3, -0.25) is 5.43 Å². The van der Waals surface area contributed by atoms with E-state index in [0.29, 0.717) is 16.7 Å². The van der Waals surface area contributed by atoms with Crippen LogP contribution in [0.25, 0.3) is 0 Å². The number of hydrogen-bond donors (Lipinski definition) is 3. The van der Waals surface area contributed by atoms with Gasteiger partial charge in [0.1, 0.15) is 5.82 Å². The van der Waals surface area contributed by atoms with Crippen molar-refractivity contribution in [1.29, 1.82) is 0 Å². The van der Waals surface area contributed by atoms with Crippen molar-refractivity contribution in [2.45, 2.75) is 0 Å². The van der Waals surface area contributed by atoms with Crippen LogP contribution >= 0.6 is 11.3 Å². The molecule has 0 saturated heterocycles. The Hall–Kier alpha value is -2.28. The fourth-order valence-corrected chi connectivity index (χ4v) is 1.82. The predicted octanol–water partition coefficient (Wildman–Crippen LogP) is 1.89. The number of thiazole rings is 1. The Bertz CT molecular complexity index is 568. The van der Waals surface area contributed by atoms with Gasteiger partial charge in [0.2, 0.25) is 5.13 Å². The number of aromatic nitrogens is 1. The van der Waals surface area contributed by atoms with Crippen LogP contribution in [0.5, 0.6) is 11.5 Å². The maximum absolute atomic E-state index is 9.43. The van der Waals surface area contributed by atoms with Crippen LogP contribution in [0.2, 0.25) is 0 Å². The summed E-state index contributed by atoms with van der Waals surface area (Å²) in [5.41, 5.74) is 9.03. The molecular formula is C11H12N4O2S. The predicted molar refractivity (Wildman–Crippen MR) is 72.4 cm³/mol. The van der Waals surface area contributed by atoms with Gasteiger partial charge in [0.05, 0.1) is 13.3 Å². The van der Waals surface area contributed by atoms with E-state index in [1.54, 1.807) is 29.8 Å². The molecule has 2 aromatic rings. The molecule has 94 valence electrons. The van der Waals surface area contributed by atoms with Gasteiger partial charge >= 0.3 is 0 Å². The monoisotopic (exact) mass is 264 g/mol. The van der Waals surface area contributed by atoms with Crippen molar-refractivity contribution in [3.05, 3.63) is 29.1 Å². The first-order valence-corrected chi connectivity index (χ1v) is 5.94. The minimum absolute atomic E-state index is 0.0929. The van der Waals surface area contributed by atoms with E-state index in [0.717, 1.165) is 5.56 Å². The van der Waals surface area contributed by atoms with Crippen LogP contribution < -0.4 is 15.9 Å². The molecule has 0 atom stereocenters. The van der Waals surface area contributed by atoms with Gasteiger partial charge in [-0.15, -0.1) is 11.3 Å². The summed E-state index contributed by atoms with van der Waals surface area (Å²) in [6.07, 6.45) is 1.60. The van der Waals surface area contributed by atoms with Gasteiger partial charge in [0, 0.05) is 5.38 Å². The standard InChI is InChI=1S/C11H12N4O2S/c1-17-9-4-7(2-3-8(9)16)5-13-15-11-14-10(12)6-18-11/h2-6,16H,12H2,1H3,(H,14,15). The van der Waals surface area contributed by atoms with Crippen LogP contribution in [-0.2, 0) is 0 Å². The van der Waals surface area contributed by atoms with Crippen molar-refractivity contribution in [2.24, 2.45) is 5.10 Å². The highest BCUT2D eigenvalue weighted by molar-refractivity contribution is 7.14. The van der Waals surface area contributed by atoms with Crippen molar-refractivity contribution in [1.82, 2.24) is 4.98 Å². The molecule has 0 aliphatic rings. The fourth-order valence-electron chi connectivity index (χ4n) is 1.27. The summed E-state index contributed by atoms with van der Waals surface area (Å²) in [5, 5.41) is 15.8. The minimum Gasteiger partial charge on any atom is -0.504 e. The van der Waals surface area contributed by atoms with Crippen molar-refractivity contribution >= 4 is 28.5 Å². The average Bonchev–Trinajstić information content (AvgIpc) is 2.77. The third kappa shape index (κ3) is 2.89. The lowest BCUT2D eigenvalue weighted by Crippen LogP contribution is -1.92. The highest BCUT2D eigenvalue weighted by atomic mass is 32.1. The summed E-state index contributed by atoms with van der Waals surface area (Å²) < 4.78 is 4.99. The van der Waals surface area contributed by atoms with Crippen LogP contribution in [0.4, 0.5) is 10.9 Å². The summed E-state index contributed by atoms with van der Waals surface area (Å²) in [4.78, 5) is 4.00. The molecule has 1 aromatic carbocycles. The number of nitrogens with one attached hydrogen (secondary N) is 1. The van der Waals surface area contributed by atoms with Crippen LogP contribution in [0.15, 0.2) is 28.7 Å². The summed E-state index contributed by atoms with van der Waals surface area (Å²) in [5.74, 6) is 0.955. The molecule has 6 nitrogen and oxygen atoms in total. The van der Waals surface area contributed by atoms with Gasteiger partial charge in [-0.2, -0.15) is 5.10 Å². The molecule has 7 heteroatoms. The number of anilines is 2. The van der Waals surface area contributed by atoms with Crippen LogP contribution in [-0.4, -0.2) is 23.4 Å². The van der Waals surface area contributed by atoms with Crippen molar-refractivity contribution < 1.29 is 9.84 Å². The molecule has 1 aromatic heterocycles. The Morgan fingerprint density at radius 3 is 3.06 bits per heavy atom. The molecule has 0 bridgehead atoms. The van der Waals surface area contributed by atoms with E-state index in [1.165, 1.54) is 18.4 Å². The van der Waals surface area contributed by atoms with E-state index in [-0.39, 0.29) is 5.75 Å². The number of nitrogens with zero attached hydrogens (tertiary/aromatic N) is 2. The number of benzene rings is 1. The lowest BCUT2D eigenvalue weighted by Gasteiger charge is -2.03. The highest BCUT2D eigenvalue weighted by Gasteiger charge is 2.01. The normalized spacial score (nSPS) is 10.7. The van der Waals surface area contributed by atoms with Crippen LogP contribution in [0.1, 0.15) is 5.56 Å². The van der Waals surface area contributed by atoms with Crippen LogP contribution in [0, 0.1) is 0 Å². The van der Waals surface area contributed by atoms with Gasteiger partial charge in [-0.25, -0.2) is 4.98 Å². The number of ether oxygens (including phenoxy) is 1. The molecule has 18 heavy (non-hydrogen) atoms. The number of phenolic OH excluding ortho intramolecular Hbond substituents is 1. The largest absolute Gasteiger partial charge is 0.504 e. The molecule has 0 aliphatic carbocycles. The Labute approximate surface area is 108 Å². The zero-order valence-corrected chi connectivity index (χ0v) is 10.4. The van der Waals surface area contributed by atoms with Gasteiger partial charge in [0.25, 0.3) is 0 Å². The second-order valence-corrected chi connectivity index (χ2v) is 4.24. The molecule has 0 radical (unpaired) electrons. The van der Waals surface area contributed by atoms with E-state index in [1.807, 2.05) is 0 Å². The molecule has 0 saturated carbocycles. The maximum Gasteiger partial charge on any atom is 0.205 e. The lowest BCUT2D eigenvalue weighted by atomic mass is 10.2. The Morgan fingerprint density at radius 1 is 1.56 bits per heavy atom. The molecule has 0 fully saturated rings. The number of nitrogens with two attached hydrogens (primary N) is 1. The highest BCUT2D eigenvalue weighted by Crippen LogP contribution is 2.25. The topological polar surface area (TPSA) is 92.8 Å². The number of phenols is 1. The molecule has 1 heterocycles. The van der Waals surface area contributed by atoms with Gasteiger partial charge < -0.3 is 15.6 Å². The Kier molecular flexibility index (Phi) is 3.63. The van der Waals surface area contributed by atoms with E-state index in [9.17, 15) is 5.11 Å². The molecular weight excluding hydrogens is 252 g/mol. The smallest absolute Gasteiger partial charge is 0.205 e. The van der Waals surface area contributed by atoms with Gasteiger partial charge in [-0.1, -0.05) is 0 Å².